The van der Waals surface area contributed by atoms with Gasteiger partial charge in [-0.3, -0.25) is 10.1 Å². The number of methoxy groups -OCH3 is 1. The van der Waals surface area contributed by atoms with Gasteiger partial charge in [0.15, 0.2) is 5.13 Å². The number of amides is 1. The van der Waals surface area contributed by atoms with Crippen LogP contribution < -0.4 is 15.4 Å². The second kappa shape index (κ2) is 6.89. The molecule has 0 unspecified atom stereocenters. The summed E-state index contributed by atoms with van der Waals surface area (Å²) < 4.78 is 5.09. The van der Waals surface area contributed by atoms with Crippen molar-refractivity contribution in [1.29, 1.82) is 0 Å². The topological polar surface area (TPSA) is 63.2 Å². The number of nitrogens with zero attached hydrogens (tertiary/aromatic N) is 1. The molecular weight excluding hydrogens is 298 g/mol. The highest BCUT2D eigenvalue weighted by Gasteiger charge is 2.18. The quantitative estimate of drug-likeness (QED) is 0.910. The first kappa shape index (κ1) is 15.0. The van der Waals surface area contributed by atoms with Crippen LogP contribution in [0.15, 0.2) is 30.5 Å². The van der Waals surface area contributed by atoms with Crippen molar-refractivity contribution in [2.75, 3.05) is 25.5 Å². The lowest BCUT2D eigenvalue weighted by Gasteiger charge is -2.20. The summed E-state index contributed by atoms with van der Waals surface area (Å²) in [5.74, 6) is 1.15. The second-order valence-corrected chi connectivity index (χ2v) is 6.34. The number of piperidine rings is 1. The zero-order chi connectivity index (χ0) is 15.4. The molecular formula is C16H19N3O2S. The van der Waals surface area contributed by atoms with Crippen molar-refractivity contribution >= 4 is 22.4 Å². The normalized spacial score (nSPS) is 15.5. The first-order chi connectivity index (χ1) is 10.8. The number of hydrogen-bond acceptors (Lipinski definition) is 5. The Morgan fingerprint density at radius 1 is 1.32 bits per heavy atom. The van der Waals surface area contributed by atoms with Crippen LogP contribution in [0, 0.1) is 0 Å². The molecule has 116 valence electrons. The van der Waals surface area contributed by atoms with Gasteiger partial charge in [0.25, 0.3) is 5.91 Å². The van der Waals surface area contributed by atoms with Crippen molar-refractivity contribution in [2.45, 2.75) is 18.8 Å². The van der Waals surface area contributed by atoms with Gasteiger partial charge in [-0.25, -0.2) is 4.98 Å². The van der Waals surface area contributed by atoms with Crippen LogP contribution in [0.4, 0.5) is 5.13 Å². The maximum Gasteiger partial charge on any atom is 0.257 e. The highest BCUT2D eigenvalue weighted by molar-refractivity contribution is 7.15. The van der Waals surface area contributed by atoms with Gasteiger partial charge in [0, 0.05) is 16.6 Å². The molecule has 1 aliphatic heterocycles. The van der Waals surface area contributed by atoms with Crippen LogP contribution in [0.1, 0.15) is 34.0 Å². The Balaban J connectivity index is 1.64. The van der Waals surface area contributed by atoms with E-state index in [0.717, 1.165) is 31.7 Å². The Kier molecular flexibility index (Phi) is 4.70. The van der Waals surface area contributed by atoms with Crippen molar-refractivity contribution < 1.29 is 9.53 Å². The molecule has 0 atom stereocenters. The van der Waals surface area contributed by atoms with E-state index in [2.05, 4.69) is 15.6 Å². The number of carbonyl (C=O) groups is 1. The third-order valence-corrected chi connectivity index (χ3v) is 4.91. The molecule has 0 aliphatic carbocycles. The Morgan fingerprint density at radius 3 is 2.73 bits per heavy atom. The van der Waals surface area contributed by atoms with Crippen LogP contribution in [0.2, 0.25) is 0 Å². The predicted octanol–water partition coefficient (Wildman–Crippen LogP) is 2.87. The van der Waals surface area contributed by atoms with Gasteiger partial charge < -0.3 is 10.1 Å². The number of benzene rings is 1. The van der Waals surface area contributed by atoms with E-state index in [0.29, 0.717) is 16.6 Å². The smallest absolute Gasteiger partial charge is 0.257 e. The maximum absolute atomic E-state index is 12.2. The minimum Gasteiger partial charge on any atom is -0.497 e. The van der Waals surface area contributed by atoms with Crippen molar-refractivity contribution in [3.05, 3.63) is 40.9 Å². The van der Waals surface area contributed by atoms with Crippen molar-refractivity contribution in [3.8, 4) is 5.75 Å². The lowest BCUT2D eigenvalue weighted by Crippen LogP contribution is -2.26. The fourth-order valence-electron chi connectivity index (χ4n) is 2.55. The largest absolute Gasteiger partial charge is 0.497 e. The maximum atomic E-state index is 12.2. The fraction of sp³-hybridized carbons (Fsp3) is 0.375. The Hall–Kier alpha value is -1.92. The minimum absolute atomic E-state index is 0.145. The van der Waals surface area contributed by atoms with Crippen LogP contribution in [0.5, 0.6) is 5.75 Å². The van der Waals surface area contributed by atoms with Crippen LogP contribution in [-0.4, -0.2) is 31.1 Å². The Morgan fingerprint density at radius 2 is 2.05 bits per heavy atom. The van der Waals surface area contributed by atoms with E-state index in [9.17, 15) is 4.79 Å². The predicted molar refractivity (Wildman–Crippen MR) is 87.9 cm³/mol. The van der Waals surface area contributed by atoms with Crippen LogP contribution in [0.3, 0.4) is 0 Å². The molecule has 2 N–H and O–H groups in total. The lowest BCUT2D eigenvalue weighted by atomic mass is 9.97. The van der Waals surface area contributed by atoms with Crippen LogP contribution >= 0.6 is 11.3 Å². The van der Waals surface area contributed by atoms with E-state index in [4.69, 9.17) is 4.74 Å². The van der Waals surface area contributed by atoms with E-state index >= 15 is 0 Å². The monoisotopic (exact) mass is 317 g/mol. The van der Waals surface area contributed by atoms with Gasteiger partial charge in [-0.2, -0.15) is 0 Å². The molecule has 2 aromatic rings. The lowest BCUT2D eigenvalue weighted by molar-refractivity contribution is 0.102. The molecule has 1 aromatic carbocycles. The summed E-state index contributed by atoms with van der Waals surface area (Å²) in [4.78, 5) is 17.8. The molecule has 6 heteroatoms. The van der Waals surface area contributed by atoms with Gasteiger partial charge in [0.1, 0.15) is 5.75 Å². The van der Waals surface area contributed by atoms with Gasteiger partial charge in [-0.05, 0) is 56.1 Å². The number of aromatic nitrogens is 1. The van der Waals surface area contributed by atoms with Crippen LogP contribution in [-0.2, 0) is 0 Å². The van der Waals surface area contributed by atoms with Gasteiger partial charge in [-0.15, -0.1) is 11.3 Å². The minimum atomic E-state index is -0.145. The standard InChI is InChI=1S/C16H19N3O2S/c1-21-13-4-2-12(3-5-13)15(20)19-16-18-10-14(22-16)11-6-8-17-9-7-11/h2-5,10-11,17H,6-9H2,1H3,(H,18,19,20). The first-order valence-corrected chi connectivity index (χ1v) is 8.20. The van der Waals surface area contributed by atoms with Crippen LogP contribution in [0.25, 0.3) is 0 Å². The third kappa shape index (κ3) is 3.45. The molecule has 1 aromatic heterocycles. The summed E-state index contributed by atoms with van der Waals surface area (Å²) in [6.45, 7) is 2.10. The summed E-state index contributed by atoms with van der Waals surface area (Å²) in [6, 6.07) is 7.04. The number of carbonyl (C=O) groups excluding carboxylic acids is 1. The van der Waals surface area contributed by atoms with E-state index in [1.165, 1.54) is 4.88 Å². The number of thiazole rings is 1. The molecule has 22 heavy (non-hydrogen) atoms. The Bertz CT molecular complexity index is 633. The molecule has 1 amide bonds. The number of hydrogen-bond donors (Lipinski definition) is 2. The second-order valence-electron chi connectivity index (χ2n) is 5.27. The summed E-state index contributed by atoms with van der Waals surface area (Å²) in [6.07, 6.45) is 4.16. The molecule has 5 nitrogen and oxygen atoms in total. The summed E-state index contributed by atoms with van der Waals surface area (Å²) in [7, 11) is 1.60. The summed E-state index contributed by atoms with van der Waals surface area (Å²) in [5, 5.41) is 6.89. The zero-order valence-corrected chi connectivity index (χ0v) is 13.3. The highest BCUT2D eigenvalue weighted by atomic mass is 32.1. The Labute approximate surface area is 133 Å². The van der Waals surface area contributed by atoms with E-state index in [-0.39, 0.29) is 5.91 Å². The van der Waals surface area contributed by atoms with Crippen molar-refractivity contribution in [1.82, 2.24) is 10.3 Å². The zero-order valence-electron chi connectivity index (χ0n) is 12.5. The van der Waals surface area contributed by atoms with Gasteiger partial charge >= 0.3 is 0 Å². The van der Waals surface area contributed by atoms with Gasteiger partial charge in [0.2, 0.25) is 0 Å². The number of anilines is 1. The molecule has 1 fully saturated rings. The molecule has 0 radical (unpaired) electrons. The molecule has 0 saturated carbocycles. The fourth-order valence-corrected chi connectivity index (χ4v) is 3.53. The average molecular weight is 317 g/mol. The van der Waals surface area contributed by atoms with Gasteiger partial charge in [0.05, 0.1) is 7.11 Å². The molecule has 1 aliphatic rings. The van der Waals surface area contributed by atoms with Crippen molar-refractivity contribution in [3.63, 3.8) is 0 Å². The number of nitrogens with one attached hydrogen (secondary N) is 2. The molecule has 2 heterocycles. The van der Waals surface area contributed by atoms with Gasteiger partial charge in [-0.1, -0.05) is 0 Å². The summed E-state index contributed by atoms with van der Waals surface area (Å²) >= 11 is 1.57. The highest BCUT2D eigenvalue weighted by Crippen LogP contribution is 2.31. The number of rotatable bonds is 4. The van der Waals surface area contributed by atoms with E-state index in [1.54, 1.807) is 42.7 Å². The first-order valence-electron chi connectivity index (χ1n) is 7.38. The third-order valence-electron chi connectivity index (χ3n) is 3.84. The molecule has 1 saturated heterocycles. The van der Waals surface area contributed by atoms with E-state index < -0.39 is 0 Å². The molecule has 3 rings (SSSR count). The van der Waals surface area contributed by atoms with Crippen molar-refractivity contribution in [2.24, 2.45) is 0 Å². The summed E-state index contributed by atoms with van der Waals surface area (Å²) in [5.41, 5.74) is 0.597. The molecule has 0 spiro atoms. The molecule has 0 bridgehead atoms. The SMILES string of the molecule is COc1ccc(C(=O)Nc2ncc(C3CCNCC3)s2)cc1. The van der Waals surface area contributed by atoms with E-state index in [1.807, 2.05) is 6.20 Å². The average Bonchev–Trinajstić information content (AvgIpc) is 3.04. The number of ether oxygens (including phenoxy) is 1.